The van der Waals surface area contributed by atoms with Gasteiger partial charge in [0.25, 0.3) is 0 Å². The number of carbonyl (C=O) groups excluding carboxylic acids is 4. The van der Waals surface area contributed by atoms with Gasteiger partial charge >= 0.3 is 0 Å². The third-order valence-corrected chi connectivity index (χ3v) is 20.0. The van der Waals surface area contributed by atoms with Gasteiger partial charge in [0.1, 0.15) is 11.6 Å². The number of amides is 2. The predicted molar refractivity (Wildman–Crippen MR) is 475 cm³/mol. The Morgan fingerprint density at radius 1 is 0.152 bits per heavy atom. The molecule has 0 aromatic heterocycles. The summed E-state index contributed by atoms with van der Waals surface area (Å²) in [7, 11) is 0. The van der Waals surface area contributed by atoms with Crippen LogP contribution in [-0.4, -0.2) is 387 Å². The minimum absolute atomic E-state index is 0.0918. The summed E-state index contributed by atoms with van der Waals surface area (Å²) in [5, 5.41) is 5.51. The van der Waals surface area contributed by atoms with Crippen LogP contribution in [0.5, 0.6) is 0 Å². The van der Waals surface area contributed by atoms with Crippen LogP contribution in [0.1, 0.15) is 180 Å². The van der Waals surface area contributed by atoms with Gasteiger partial charge in [-0.3, -0.25) is 19.2 Å². The molecule has 0 radical (unpaired) electrons. The zero-order chi connectivity index (χ0) is 83.2. The van der Waals surface area contributed by atoms with E-state index < -0.39 is 0 Å². The highest BCUT2D eigenvalue weighted by atomic mass is 16.2. The Labute approximate surface area is 684 Å². The largest absolute Gasteiger partial charge is 0.355 e. The van der Waals surface area contributed by atoms with Crippen molar-refractivity contribution >= 4 is 23.4 Å². The zero-order valence-electron chi connectivity index (χ0n) is 72.1. The Bertz CT molecular complexity index is 1680. The van der Waals surface area contributed by atoms with Gasteiger partial charge < -0.3 is 151 Å². The molecule has 0 unspecified atom stereocenters. The minimum Gasteiger partial charge on any atom is -0.355 e. The summed E-state index contributed by atoms with van der Waals surface area (Å²) in [4.78, 5) is 73.4. The standard InChI is InChI=1S/C40H96N14.C24H50N8O4.C16H40N6/c41-15-3-25-51(26-4-16-42)37-11-33-49(34-12-38-52(27-5-17-43)28-6-18-44)23-1-2-24-50(35-13-39-53(29-7-19-45)30-8-20-46)36-14-40-54(31-9-21-47)32-10-22-48;25-9-1-3-21(33)5-15-31(16-6-22(34)4-2-10-26)19-20-32(17-7-23(35)29-13-11-27)18-8-24(36)30-14-12-28;17-7-3-13-21(14-4-8-18)11-1-2-12-22(15-5-9-19)16-6-10-20/h1-48H2;1-20,25-28H2,(H,29,35)(H,30,36);1-20H2. The molecule has 0 aliphatic heterocycles. The topological polar surface area (TPSA) is 541 Å². The van der Waals surface area contributed by atoms with E-state index in [2.05, 4.69) is 59.6 Å². The summed E-state index contributed by atoms with van der Waals surface area (Å²) in [6, 6.07) is 0. The normalized spacial score (nSPS) is 11.8. The highest BCUT2D eigenvalue weighted by molar-refractivity contribution is 5.79. The molecule has 0 atom stereocenters. The van der Waals surface area contributed by atoms with Gasteiger partial charge in [-0.05, 0) is 390 Å². The second-order valence-corrected chi connectivity index (χ2v) is 30.1. The van der Waals surface area contributed by atoms with Crippen LogP contribution in [0.2, 0.25) is 0 Å². The van der Waals surface area contributed by atoms with E-state index in [4.69, 9.17) is 91.7 Å². The molecular weight excluding hydrogens is 1420 g/mol. The van der Waals surface area contributed by atoms with Crippen molar-refractivity contribution in [2.45, 2.75) is 180 Å². The fourth-order valence-corrected chi connectivity index (χ4v) is 13.4. The maximum atomic E-state index is 12.2. The maximum absolute atomic E-state index is 12.2. The second kappa shape index (κ2) is 90.6. The molecule has 0 saturated carbocycles. The fraction of sp³-hybridized carbons (Fsp3) is 0.950. The summed E-state index contributed by atoms with van der Waals surface area (Å²) < 4.78 is 0. The average molecular weight is 1600 g/mol. The highest BCUT2D eigenvalue weighted by Crippen LogP contribution is 2.11. The fourth-order valence-electron chi connectivity index (χ4n) is 13.4. The van der Waals surface area contributed by atoms with Crippen molar-refractivity contribution in [1.82, 2.24) is 59.6 Å². The lowest BCUT2D eigenvalue weighted by Gasteiger charge is -2.29. The van der Waals surface area contributed by atoms with Crippen molar-refractivity contribution in [3.63, 3.8) is 0 Å². The van der Waals surface area contributed by atoms with Crippen molar-refractivity contribution in [1.29, 1.82) is 0 Å². The number of nitrogens with two attached hydrogens (primary N) is 16. The number of hydrogen-bond donors (Lipinski definition) is 18. The first-order valence-electron chi connectivity index (χ1n) is 44.7. The van der Waals surface area contributed by atoms with Gasteiger partial charge in [0.05, 0.1) is 0 Å². The first-order chi connectivity index (χ1) is 54.6. The number of nitrogens with one attached hydrogen (secondary N) is 2. The molecular formula is C80H186N28O4. The molecule has 0 bridgehead atoms. The highest BCUT2D eigenvalue weighted by Gasteiger charge is 2.18. The third kappa shape index (κ3) is 78.4. The molecule has 112 heavy (non-hydrogen) atoms. The molecule has 0 aliphatic rings. The lowest BCUT2D eigenvalue weighted by Crippen LogP contribution is -2.41. The van der Waals surface area contributed by atoms with E-state index in [1.807, 2.05) is 0 Å². The quantitative estimate of drug-likeness (QED) is 0.0283. The summed E-state index contributed by atoms with van der Waals surface area (Å²) in [6.07, 6.45) is 26.0. The predicted octanol–water partition coefficient (Wildman–Crippen LogP) is -2.39. The molecule has 32 heteroatoms. The molecule has 0 fully saturated rings. The number of rotatable bonds is 87. The van der Waals surface area contributed by atoms with E-state index in [1.165, 1.54) is 51.4 Å². The smallest absolute Gasteiger partial charge is 0.221 e. The summed E-state index contributed by atoms with van der Waals surface area (Å²) in [6.45, 7) is 41.5. The lowest BCUT2D eigenvalue weighted by atomic mass is 10.1. The number of ketones is 2. The third-order valence-electron chi connectivity index (χ3n) is 20.0. The minimum atomic E-state index is -0.0918. The number of nitrogens with zero attached hydrogens (tertiary/aromatic N) is 10. The second-order valence-electron chi connectivity index (χ2n) is 30.1. The van der Waals surface area contributed by atoms with Crippen molar-refractivity contribution in [3.8, 4) is 0 Å². The molecule has 0 spiro atoms. The van der Waals surface area contributed by atoms with E-state index >= 15 is 0 Å². The average Bonchev–Trinajstić information content (AvgIpc) is 0.936. The Morgan fingerprint density at radius 2 is 0.304 bits per heavy atom. The van der Waals surface area contributed by atoms with Crippen LogP contribution in [0, 0.1) is 0 Å². The van der Waals surface area contributed by atoms with Gasteiger partial charge in [0, 0.05) is 104 Å². The van der Waals surface area contributed by atoms with Gasteiger partial charge in [-0.15, -0.1) is 0 Å². The summed E-state index contributed by atoms with van der Waals surface area (Å²) in [5.41, 5.74) is 91.2. The first kappa shape index (κ1) is 113. The molecule has 670 valence electrons. The zero-order valence-corrected chi connectivity index (χ0v) is 72.1. The van der Waals surface area contributed by atoms with Crippen LogP contribution >= 0.6 is 0 Å². The van der Waals surface area contributed by atoms with Crippen LogP contribution in [0.3, 0.4) is 0 Å². The van der Waals surface area contributed by atoms with E-state index in [0.717, 1.165) is 313 Å². The monoisotopic (exact) mass is 1600 g/mol. The van der Waals surface area contributed by atoms with Crippen molar-refractivity contribution < 1.29 is 19.2 Å². The Balaban J connectivity index is -0.00000175. The van der Waals surface area contributed by atoms with Crippen LogP contribution < -0.4 is 102 Å². The number of hydrogen-bond acceptors (Lipinski definition) is 30. The number of carbonyl (C=O) groups is 4. The lowest BCUT2D eigenvalue weighted by molar-refractivity contribution is -0.122. The molecule has 0 aromatic rings. The van der Waals surface area contributed by atoms with E-state index in [9.17, 15) is 19.2 Å². The van der Waals surface area contributed by atoms with Crippen molar-refractivity contribution in [2.24, 2.45) is 91.7 Å². The summed E-state index contributed by atoms with van der Waals surface area (Å²) in [5.74, 6) is 0.131. The number of Topliss-reactive ketones (excluding diaryl/α,β-unsaturated/α-hetero) is 2. The van der Waals surface area contributed by atoms with E-state index in [1.54, 1.807) is 0 Å². The van der Waals surface area contributed by atoms with Crippen LogP contribution in [0.25, 0.3) is 0 Å². The molecule has 0 aliphatic carbocycles. The van der Waals surface area contributed by atoms with Gasteiger partial charge in [0.15, 0.2) is 0 Å². The SMILES string of the molecule is NCCCC(=O)CCN(CCC(=O)CCCN)CCN(CCC(=O)NCCN)CCC(=O)NCCN.NCCCN(CCCN)CCCCN(CCCN)CCCN.NCCCN(CCCN)CCCN(CCCCN(CCCN(CCCN)CCCN)CCCN(CCCN)CCCN)CCCN(CCCN)CCCN. The Kier molecular flexibility index (Phi) is 91.7. The van der Waals surface area contributed by atoms with Crippen molar-refractivity contribution in [3.05, 3.63) is 0 Å². The Hall–Kier alpha value is -2.76. The first-order valence-corrected chi connectivity index (χ1v) is 44.7. The molecule has 0 rings (SSSR count). The number of unbranched alkanes of at least 4 members (excludes halogenated alkanes) is 2. The Morgan fingerprint density at radius 3 is 0.473 bits per heavy atom. The van der Waals surface area contributed by atoms with Gasteiger partial charge in [-0.2, -0.15) is 0 Å². The van der Waals surface area contributed by atoms with Crippen LogP contribution in [0.15, 0.2) is 0 Å². The molecule has 0 saturated heterocycles. The maximum Gasteiger partial charge on any atom is 0.221 e. The van der Waals surface area contributed by atoms with Crippen LogP contribution in [0.4, 0.5) is 0 Å². The molecule has 0 heterocycles. The molecule has 2 amide bonds. The van der Waals surface area contributed by atoms with Crippen LogP contribution in [-0.2, 0) is 19.2 Å². The van der Waals surface area contributed by atoms with Gasteiger partial charge in [-0.1, -0.05) is 0 Å². The summed E-state index contributed by atoms with van der Waals surface area (Å²) >= 11 is 0. The van der Waals surface area contributed by atoms with Gasteiger partial charge in [-0.25, -0.2) is 0 Å². The molecule has 0 aromatic carbocycles. The molecule has 34 N–H and O–H groups in total. The molecule has 32 nitrogen and oxygen atoms in total. The van der Waals surface area contributed by atoms with E-state index in [-0.39, 0.29) is 23.4 Å². The van der Waals surface area contributed by atoms with E-state index in [0.29, 0.717) is 130 Å². The van der Waals surface area contributed by atoms with Gasteiger partial charge in [0.2, 0.25) is 11.8 Å². The van der Waals surface area contributed by atoms with Crippen molar-refractivity contribution in [2.75, 3.05) is 314 Å².